The van der Waals surface area contributed by atoms with Gasteiger partial charge in [0.05, 0.1) is 12.0 Å². The van der Waals surface area contributed by atoms with E-state index < -0.39 is 0 Å². The number of rotatable bonds is 3. The molecule has 0 N–H and O–H groups in total. The van der Waals surface area contributed by atoms with Gasteiger partial charge >= 0.3 is 5.97 Å². The van der Waals surface area contributed by atoms with E-state index in [1.54, 1.807) is 13.8 Å². The lowest BCUT2D eigenvalue weighted by Crippen LogP contribution is -2.45. The molecule has 2 aromatic rings. The van der Waals surface area contributed by atoms with Crippen LogP contribution in [0.1, 0.15) is 23.0 Å². The quantitative estimate of drug-likeness (QED) is 0.795. The molecule has 2 aromatic heterocycles. The Morgan fingerprint density at radius 1 is 1.32 bits per heavy atom. The van der Waals surface area contributed by atoms with E-state index in [2.05, 4.69) is 26.8 Å². The minimum absolute atomic E-state index is 0.322. The Kier molecular flexibility index (Phi) is 3.98. The first-order valence-corrected chi connectivity index (χ1v) is 7.46. The third-order valence-electron chi connectivity index (χ3n) is 3.93. The molecule has 0 saturated carbocycles. The number of piperazine rings is 1. The van der Waals surface area contributed by atoms with Gasteiger partial charge in [-0.2, -0.15) is 0 Å². The van der Waals surface area contributed by atoms with Crippen LogP contribution in [0.2, 0.25) is 0 Å². The summed E-state index contributed by atoms with van der Waals surface area (Å²) < 4.78 is 10.8. The Balaban J connectivity index is 2.08. The molecule has 0 atom stereocenters. The van der Waals surface area contributed by atoms with Crippen molar-refractivity contribution in [2.45, 2.75) is 13.8 Å². The second-order valence-electron chi connectivity index (χ2n) is 5.42. The molecule has 1 aliphatic rings. The first-order valence-electron chi connectivity index (χ1n) is 7.46. The van der Waals surface area contributed by atoms with Crippen LogP contribution in [0.25, 0.3) is 11.1 Å². The van der Waals surface area contributed by atoms with E-state index in [-0.39, 0.29) is 5.97 Å². The molecule has 0 amide bonds. The second-order valence-corrected chi connectivity index (χ2v) is 5.42. The van der Waals surface area contributed by atoms with Gasteiger partial charge in [-0.05, 0) is 20.9 Å². The van der Waals surface area contributed by atoms with Crippen molar-refractivity contribution in [3.63, 3.8) is 0 Å². The maximum Gasteiger partial charge on any atom is 0.342 e. The fourth-order valence-electron chi connectivity index (χ4n) is 2.74. The summed E-state index contributed by atoms with van der Waals surface area (Å²) in [6.45, 7) is 7.48. The SMILES string of the molecule is CCOC(=O)c1c(C)oc2ncnc(N3CCN(C)CC3)c12. The van der Waals surface area contributed by atoms with Crippen LogP contribution in [0.5, 0.6) is 0 Å². The fourth-order valence-corrected chi connectivity index (χ4v) is 2.74. The molecule has 3 rings (SSSR count). The van der Waals surface area contributed by atoms with Gasteiger partial charge in [-0.25, -0.2) is 14.8 Å². The number of carbonyl (C=O) groups excluding carboxylic acids is 1. The number of nitrogens with zero attached hydrogens (tertiary/aromatic N) is 4. The Bertz CT molecular complexity index is 689. The number of hydrogen-bond donors (Lipinski definition) is 0. The Hall–Kier alpha value is -2.15. The van der Waals surface area contributed by atoms with Gasteiger partial charge in [-0.1, -0.05) is 0 Å². The van der Waals surface area contributed by atoms with Crippen molar-refractivity contribution < 1.29 is 13.9 Å². The molecular formula is C15H20N4O3. The summed E-state index contributed by atoms with van der Waals surface area (Å²) in [7, 11) is 2.10. The van der Waals surface area contributed by atoms with Gasteiger partial charge in [-0.3, -0.25) is 0 Å². The first kappa shape index (κ1) is 14.8. The van der Waals surface area contributed by atoms with Crippen molar-refractivity contribution in [1.82, 2.24) is 14.9 Å². The zero-order chi connectivity index (χ0) is 15.7. The predicted octanol–water partition coefficient (Wildman–Crippen LogP) is 1.46. The molecule has 1 fully saturated rings. The van der Waals surface area contributed by atoms with E-state index in [0.29, 0.717) is 29.0 Å². The molecule has 0 spiro atoms. The molecular weight excluding hydrogens is 284 g/mol. The van der Waals surface area contributed by atoms with Crippen molar-refractivity contribution >= 4 is 22.9 Å². The fraction of sp³-hybridized carbons (Fsp3) is 0.533. The molecule has 0 radical (unpaired) electrons. The van der Waals surface area contributed by atoms with Crippen molar-refractivity contribution in [2.24, 2.45) is 0 Å². The number of likely N-dealkylation sites (N-methyl/N-ethyl adjacent to an activating group) is 1. The molecule has 1 saturated heterocycles. The van der Waals surface area contributed by atoms with Gasteiger partial charge in [0, 0.05) is 26.2 Å². The van der Waals surface area contributed by atoms with E-state index in [4.69, 9.17) is 9.15 Å². The van der Waals surface area contributed by atoms with Crippen LogP contribution in [0, 0.1) is 6.92 Å². The summed E-state index contributed by atoms with van der Waals surface area (Å²) in [4.78, 5) is 25.3. The van der Waals surface area contributed by atoms with Crippen LogP contribution in [0.15, 0.2) is 10.7 Å². The van der Waals surface area contributed by atoms with Crippen LogP contribution in [-0.4, -0.2) is 60.7 Å². The average molecular weight is 304 g/mol. The van der Waals surface area contributed by atoms with Crippen LogP contribution < -0.4 is 4.90 Å². The van der Waals surface area contributed by atoms with Crippen molar-refractivity contribution in [3.05, 3.63) is 17.7 Å². The van der Waals surface area contributed by atoms with E-state index in [1.165, 1.54) is 6.33 Å². The monoisotopic (exact) mass is 304 g/mol. The van der Waals surface area contributed by atoms with Crippen LogP contribution in [0.4, 0.5) is 5.82 Å². The van der Waals surface area contributed by atoms with Gasteiger partial charge in [0.15, 0.2) is 0 Å². The summed E-state index contributed by atoms with van der Waals surface area (Å²) in [5, 5.41) is 0.656. The predicted molar refractivity (Wildman–Crippen MR) is 82.2 cm³/mol. The molecule has 3 heterocycles. The van der Waals surface area contributed by atoms with Gasteiger partial charge in [0.25, 0.3) is 0 Å². The van der Waals surface area contributed by atoms with Crippen molar-refractivity contribution in [2.75, 3.05) is 44.7 Å². The lowest BCUT2D eigenvalue weighted by atomic mass is 10.1. The smallest absolute Gasteiger partial charge is 0.342 e. The lowest BCUT2D eigenvalue weighted by molar-refractivity contribution is 0.0526. The number of aryl methyl sites for hydroxylation is 1. The van der Waals surface area contributed by atoms with Crippen molar-refractivity contribution in [1.29, 1.82) is 0 Å². The largest absolute Gasteiger partial charge is 0.462 e. The van der Waals surface area contributed by atoms with Crippen LogP contribution >= 0.6 is 0 Å². The number of fused-ring (bicyclic) bond motifs is 1. The third-order valence-corrected chi connectivity index (χ3v) is 3.93. The summed E-state index contributed by atoms with van der Waals surface area (Å²) in [6.07, 6.45) is 1.48. The number of ether oxygens (including phenoxy) is 1. The van der Waals surface area contributed by atoms with Gasteiger partial charge in [-0.15, -0.1) is 0 Å². The number of carbonyl (C=O) groups is 1. The zero-order valence-corrected chi connectivity index (χ0v) is 13.1. The minimum atomic E-state index is -0.385. The normalized spacial score (nSPS) is 16.2. The molecule has 7 nitrogen and oxygen atoms in total. The minimum Gasteiger partial charge on any atom is -0.462 e. The number of anilines is 1. The highest BCUT2D eigenvalue weighted by Gasteiger charge is 2.27. The highest BCUT2D eigenvalue weighted by atomic mass is 16.5. The molecule has 0 bridgehead atoms. The summed E-state index contributed by atoms with van der Waals surface area (Å²) >= 11 is 0. The lowest BCUT2D eigenvalue weighted by Gasteiger charge is -2.33. The standard InChI is InChI=1S/C15H20N4O3/c1-4-21-15(20)11-10(2)22-14-12(11)13(16-9-17-14)19-7-5-18(3)6-8-19/h9H,4-8H2,1-3H3. The maximum absolute atomic E-state index is 12.3. The van der Waals surface area contributed by atoms with Crippen LogP contribution in [-0.2, 0) is 4.74 Å². The topological polar surface area (TPSA) is 71.7 Å². The Morgan fingerprint density at radius 2 is 2.05 bits per heavy atom. The van der Waals surface area contributed by atoms with E-state index in [9.17, 15) is 4.79 Å². The Labute approximate surface area is 128 Å². The molecule has 0 aromatic carbocycles. The van der Waals surface area contributed by atoms with E-state index >= 15 is 0 Å². The summed E-state index contributed by atoms with van der Waals surface area (Å²) in [5.41, 5.74) is 0.871. The van der Waals surface area contributed by atoms with E-state index in [1.807, 2.05) is 0 Å². The molecule has 1 aliphatic heterocycles. The van der Waals surface area contributed by atoms with Crippen LogP contribution in [0.3, 0.4) is 0 Å². The average Bonchev–Trinajstić information content (AvgIpc) is 2.84. The number of furan rings is 1. The number of hydrogen-bond acceptors (Lipinski definition) is 7. The summed E-state index contributed by atoms with van der Waals surface area (Å²) in [5.74, 6) is 0.881. The molecule has 22 heavy (non-hydrogen) atoms. The van der Waals surface area contributed by atoms with Gasteiger partial charge in [0.1, 0.15) is 23.5 Å². The maximum atomic E-state index is 12.3. The third kappa shape index (κ3) is 2.52. The number of aromatic nitrogens is 2. The molecule has 7 heteroatoms. The zero-order valence-electron chi connectivity index (χ0n) is 13.1. The number of esters is 1. The highest BCUT2D eigenvalue weighted by molar-refractivity contribution is 6.07. The second kappa shape index (κ2) is 5.92. The van der Waals surface area contributed by atoms with Gasteiger partial charge < -0.3 is 19.0 Å². The first-order chi connectivity index (χ1) is 10.6. The van der Waals surface area contributed by atoms with Gasteiger partial charge in [0.2, 0.25) is 5.71 Å². The van der Waals surface area contributed by atoms with E-state index in [0.717, 1.165) is 32.0 Å². The molecule has 0 aliphatic carbocycles. The van der Waals surface area contributed by atoms with Crippen molar-refractivity contribution in [3.8, 4) is 0 Å². The Morgan fingerprint density at radius 3 is 2.73 bits per heavy atom. The summed E-state index contributed by atoms with van der Waals surface area (Å²) in [6, 6.07) is 0. The molecule has 0 unspecified atom stereocenters. The molecule has 118 valence electrons. The highest BCUT2D eigenvalue weighted by Crippen LogP contribution is 2.32.